The second kappa shape index (κ2) is 18.7. The SMILES string of the molecule is C#Cc1ccc(COCCOCCOCCOCCOCCOC(=O)Oc2ccc([N+](=O)[O-])cc2)cc1. The molecule has 37 heavy (non-hydrogen) atoms. The molecule has 0 saturated heterocycles. The summed E-state index contributed by atoms with van der Waals surface area (Å²) >= 11 is 0. The number of benzene rings is 2. The third-order valence-electron chi connectivity index (χ3n) is 4.57. The summed E-state index contributed by atoms with van der Waals surface area (Å²) < 4.78 is 36.8. The molecule has 0 radical (unpaired) electrons. The Labute approximate surface area is 215 Å². The van der Waals surface area contributed by atoms with Crippen molar-refractivity contribution in [3.8, 4) is 18.1 Å². The maximum atomic E-state index is 11.6. The fourth-order valence-electron chi connectivity index (χ4n) is 2.71. The lowest BCUT2D eigenvalue weighted by atomic mass is 10.1. The molecule has 0 spiro atoms. The molecular formula is C26H31NO10. The van der Waals surface area contributed by atoms with Crippen LogP contribution in [0, 0.1) is 22.5 Å². The highest BCUT2D eigenvalue weighted by Crippen LogP contribution is 2.17. The monoisotopic (exact) mass is 517 g/mol. The zero-order valence-electron chi connectivity index (χ0n) is 20.5. The van der Waals surface area contributed by atoms with E-state index in [9.17, 15) is 14.9 Å². The van der Waals surface area contributed by atoms with E-state index in [1.807, 2.05) is 24.3 Å². The molecule has 2 rings (SSSR count). The van der Waals surface area contributed by atoms with E-state index in [1.54, 1.807) is 0 Å². The van der Waals surface area contributed by atoms with Gasteiger partial charge in [-0.15, -0.1) is 6.42 Å². The van der Waals surface area contributed by atoms with Crippen LogP contribution >= 0.6 is 0 Å². The Kier molecular flexibility index (Phi) is 15.0. The van der Waals surface area contributed by atoms with Crippen molar-refractivity contribution in [3.05, 3.63) is 69.8 Å². The first-order valence-electron chi connectivity index (χ1n) is 11.6. The molecule has 0 aliphatic rings. The van der Waals surface area contributed by atoms with Gasteiger partial charge in [0.05, 0.1) is 71.0 Å². The van der Waals surface area contributed by atoms with E-state index in [2.05, 4.69) is 5.92 Å². The van der Waals surface area contributed by atoms with E-state index < -0.39 is 11.1 Å². The number of nitro groups is 1. The van der Waals surface area contributed by atoms with Crippen molar-refractivity contribution in [1.82, 2.24) is 0 Å². The summed E-state index contributed by atoms with van der Waals surface area (Å²) in [4.78, 5) is 21.6. The Morgan fingerprint density at radius 1 is 0.730 bits per heavy atom. The fourth-order valence-corrected chi connectivity index (χ4v) is 2.71. The van der Waals surface area contributed by atoms with Crippen molar-refractivity contribution in [3.63, 3.8) is 0 Å². The number of hydrogen-bond acceptors (Lipinski definition) is 10. The summed E-state index contributed by atoms with van der Waals surface area (Å²) in [5.74, 6) is 2.72. The molecule has 0 aromatic heterocycles. The van der Waals surface area contributed by atoms with E-state index in [4.69, 9.17) is 39.6 Å². The third kappa shape index (κ3) is 14.0. The predicted molar refractivity (Wildman–Crippen MR) is 132 cm³/mol. The van der Waals surface area contributed by atoms with Gasteiger partial charge in [-0.1, -0.05) is 18.1 Å². The summed E-state index contributed by atoms with van der Waals surface area (Å²) in [6, 6.07) is 12.7. The number of hydrogen-bond donors (Lipinski definition) is 0. The summed E-state index contributed by atoms with van der Waals surface area (Å²) in [6.45, 7) is 4.15. The molecule has 0 fully saturated rings. The lowest BCUT2D eigenvalue weighted by Crippen LogP contribution is -2.16. The molecule has 0 heterocycles. The quantitative estimate of drug-likeness (QED) is 0.0684. The second-order valence-corrected chi connectivity index (χ2v) is 7.29. The molecule has 0 unspecified atom stereocenters. The van der Waals surface area contributed by atoms with Crippen LogP contribution < -0.4 is 4.74 Å². The molecular weight excluding hydrogens is 486 g/mol. The number of carbonyl (C=O) groups excluding carboxylic acids is 1. The topological polar surface area (TPSA) is 125 Å². The van der Waals surface area contributed by atoms with Crippen LogP contribution in [0.15, 0.2) is 48.5 Å². The van der Waals surface area contributed by atoms with Crippen LogP contribution in [0.4, 0.5) is 10.5 Å². The molecule has 200 valence electrons. The minimum Gasteiger partial charge on any atom is -0.432 e. The maximum Gasteiger partial charge on any atom is 0.513 e. The summed E-state index contributed by atoms with van der Waals surface area (Å²) in [7, 11) is 0. The van der Waals surface area contributed by atoms with E-state index in [1.165, 1.54) is 24.3 Å². The number of rotatable bonds is 19. The first kappa shape index (κ1) is 29.7. The van der Waals surface area contributed by atoms with Crippen molar-refractivity contribution in [1.29, 1.82) is 0 Å². The summed E-state index contributed by atoms with van der Waals surface area (Å²) in [5.41, 5.74) is 1.80. The molecule has 11 heteroatoms. The van der Waals surface area contributed by atoms with Crippen LogP contribution in [0.25, 0.3) is 0 Å². The molecule has 0 atom stereocenters. The number of nitrogens with zero attached hydrogens (tertiary/aromatic N) is 1. The maximum absolute atomic E-state index is 11.6. The minimum absolute atomic E-state index is 0.000428. The van der Waals surface area contributed by atoms with Gasteiger partial charge in [-0.25, -0.2) is 4.79 Å². The Morgan fingerprint density at radius 2 is 1.22 bits per heavy atom. The molecule has 0 N–H and O–H groups in total. The fraction of sp³-hybridized carbons (Fsp3) is 0.423. The number of non-ortho nitro benzene ring substituents is 1. The van der Waals surface area contributed by atoms with Gasteiger partial charge in [0, 0.05) is 17.7 Å². The first-order valence-corrected chi connectivity index (χ1v) is 11.6. The highest BCUT2D eigenvalue weighted by Gasteiger charge is 2.09. The zero-order chi connectivity index (χ0) is 26.6. The molecule has 0 aliphatic carbocycles. The van der Waals surface area contributed by atoms with Crippen LogP contribution in [0.5, 0.6) is 5.75 Å². The Morgan fingerprint density at radius 3 is 1.70 bits per heavy atom. The minimum atomic E-state index is -0.922. The smallest absolute Gasteiger partial charge is 0.432 e. The third-order valence-corrected chi connectivity index (χ3v) is 4.57. The van der Waals surface area contributed by atoms with E-state index >= 15 is 0 Å². The number of terminal acetylenes is 1. The van der Waals surface area contributed by atoms with Crippen LogP contribution in [-0.2, 0) is 35.0 Å². The van der Waals surface area contributed by atoms with E-state index in [0.29, 0.717) is 59.5 Å². The molecule has 0 aliphatic heterocycles. The van der Waals surface area contributed by atoms with Crippen LogP contribution in [0.1, 0.15) is 11.1 Å². The molecule has 0 amide bonds. The largest absolute Gasteiger partial charge is 0.513 e. The molecule has 11 nitrogen and oxygen atoms in total. The Hall–Kier alpha value is -3.53. The van der Waals surface area contributed by atoms with Crippen molar-refractivity contribution in [2.45, 2.75) is 6.61 Å². The molecule has 2 aromatic rings. The van der Waals surface area contributed by atoms with Gasteiger partial charge in [0.15, 0.2) is 0 Å². The van der Waals surface area contributed by atoms with Crippen molar-refractivity contribution in [2.24, 2.45) is 0 Å². The number of ether oxygens (including phenoxy) is 7. The Bertz CT molecular complexity index is 957. The normalized spacial score (nSPS) is 10.6. The lowest BCUT2D eigenvalue weighted by Gasteiger charge is -2.08. The average molecular weight is 518 g/mol. The summed E-state index contributed by atoms with van der Waals surface area (Å²) in [6.07, 6.45) is 4.40. The average Bonchev–Trinajstić information content (AvgIpc) is 2.91. The lowest BCUT2D eigenvalue weighted by molar-refractivity contribution is -0.384. The molecule has 0 bridgehead atoms. The van der Waals surface area contributed by atoms with Crippen LogP contribution in [-0.4, -0.2) is 77.1 Å². The van der Waals surface area contributed by atoms with E-state index in [-0.39, 0.29) is 24.7 Å². The highest BCUT2D eigenvalue weighted by atomic mass is 16.7. The predicted octanol–water partition coefficient (Wildman–Crippen LogP) is 3.37. The van der Waals surface area contributed by atoms with Crippen molar-refractivity contribution in [2.75, 3.05) is 66.1 Å². The first-order chi connectivity index (χ1) is 18.1. The van der Waals surface area contributed by atoms with Crippen molar-refractivity contribution < 1.29 is 42.9 Å². The van der Waals surface area contributed by atoms with E-state index in [0.717, 1.165) is 11.1 Å². The van der Waals surface area contributed by atoms with Crippen LogP contribution in [0.3, 0.4) is 0 Å². The van der Waals surface area contributed by atoms with Crippen molar-refractivity contribution >= 4 is 11.8 Å². The van der Waals surface area contributed by atoms with Gasteiger partial charge >= 0.3 is 6.16 Å². The van der Waals surface area contributed by atoms with Gasteiger partial charge in [0.2, 0.25) is 0 Å². The Balaban J connectivity index is 1.30. The van der Waals surface area contributed by atoms with Crippen LogP contribution in [0.2, 0.25) is 0 Å². The highest BCUT2D eigenvalue weighted by molar-refractivity contribution is 5.63. The van der Waals surface area contributed by atoms with Gasteiger partial charge in [-0.05, 0) is 29.8 Å². The standard InChI is InChI=1S/C26H31NO10/c1-2-22-3-5-23(6-4-22)21-35-18-17-33-14-13-31-11-12-32-15-16-34-19-20-36-26(28)37-25-9-7-24(8-10-25)27(29)30/h1,3-10H,11-21H2. The molecule has 2 aromatic carbocycles. The van der Waals surface area contributed by atoms with Gasteiger partial charge in [0.1, 0.15) is 12.4 Å². The van der Waals surface area contributed by atoms with Gasteiger partial charge in [0.25, 0.3) is 5.69 Å². The van der Waals surface area contributed by atoms with Gasteiger partial charge < -0.3 is 33.2 Å². The zero-order valence-corrected chi connectivity index (χ0v) is 20.5. The second-order valence-electron chi connectivity index (χ2n) is 7.29. The van der Waals surface area contributed by atoms with Gasteiger partial charge in [-0.2, -0.15) is 0 Å². The van der Waals surface area contributed by atoms with Gasteiger partial charge in [-0.3, -0.25) is 10.1 Å². The number of nitro benzene ring substituents is 1. The summed E-state index contributed by atoms with van der Waals surface area (Å²) in [5, 5.41) is 10.6. The molecule has 0 saturated carbocycles. The number of carbonyl (C=O) groups is 1.